The first-order chi connectivity index (χ1) is 13.0. The second kappa shape index (κ2) is 12.3. The van der Waals surface area contributed by atoms with E-state index in [4.69, 9.17) is 9.47 Å². The zero-order valence-corrected chi connectivity index (χ0v) is 16.1. The van der Waals surface area contributed by atoms with E-state index in [0.717, 1.165) is 16.7 Å². The van der Waals surface area contributed by atoms with Gasteiger partial charge in [-0.15, -0.1) is 0 Å². The van der Waals surface area contributed by atoms with Gasteiger partial charge in [-0.05, 0) is 43.5 Å². The molecule has 0 aliphatic heterocycles. The summed E-state index contributed by atoms with van der Waals surface area (Å²) in [5.41, 5.74) is 3.30. The molecule has 0 fully saturated rings. The van der Waals surface area contributed by atoms with E-state index in [1.807, 2.05) is 61.5 Å². The third kappa shape index (κ3) is 8.19. The van der Waals surface area contributed by atoms with Gasteiger partial charge < -0.3 is 9.47 Å². The zero-order chi connectivity index (χ0) is 20.1. The second-order valence-corrected chi connectivity index (χ2v) is 5.51. The van der Waals surface area contributed by atoms with Crippen LogP contribution < -0.4 is 0 Å². The van der Waals surface area contributed by atoms with Crippen molar-refractivity contribution < 1.29 is 19.1 Å². The molecule has 142 valence electrons. The van der Waals surface area contributed by atoms with Gasteiger partial charge in [-0.1, -0.05) is 61.2 Å². The average molecular weight is 366 g/mol. The van der Waals surface area contributed by atoms with Crippen LogP contribution in [0.1, 0.15) is 30.5 Å². The Bertz CT molecular complexity index is 776. The molecule has 4 nitrogen and oxygen atoms in total. The quantitative estimate of drug-likeness (QED) is 0.542. The number of hydrogen-bond acceptors (Lipinski definition) is 4. The molecule has 0 unspecified atom stereocenters. The number of ether oxygens (including phenoxy) is 2. The number of carbonyl (C=O) groups is 2. The van der Waals surface area contributed by atoms with E-state index in [1.165, 1.54) is 6.08 Å². The number of esters is 2. The average Bonchev–Trinajstić information content (AvgIpc) is 2.68. The molecule has 2 rings (SSSR count). The second-order valence-electron chi connectivity index (χ2n) is 5.51. The van der Waals surface area contributed by atoms with Gasteiger partial charge in [0.25, 0.3) is 0 Å². The highest BCUT2D eigenvalue weighted by atomic mass is 16.5. The van der Waals surface area contributed by atoms with Crippen molar-refractivity contribution in [3.8, 4) is 0 Å². The first-order valence-electron chi connectivity index (χ1n) is 8.81. The van der Waals surface area contributed by atoms with Crippen molar-refractivity contribution in [1.29, 1.82) is 0 Å². The summed E-state index contributed by atoms with van der Waals surface area (Å²) < 4.78 is 9.61. The Balaban J connectivity index is 0.000000271. The first kappa shape index (κ1) is 21.9. The van der Waals surface area contributed by atoms with Crippen LogP contribution in [-0.2, 0) is 19.1 Å². The fourth-order valence-electron chi connectivity index (χ4n) is 2.16. The van der Waals surface area contributed by atoms with Crippen molar-refractivity contribution >= 4 is 23.6 Å². The van der Waals surface area contributed by atoms with E-state index in [9.17, 15) is 9.59 Å². The molecule has 0 heterocycles. The summed E-state index contributed by atoms with van der Waals surface area (Å²) in [4.78, 5) is 22.3. The molecular formula is C23H26O4. The molecule has 0 amide bonds. The number of carbonyl (C=O) groups excluding carboxylic acids is 2. The summed E-state index contributed by atoms with van der Waals surface area (Å²) >= 11 is 0. The molecule has 4 heteroatoms. The van der Waals surface area contributed by atoms with Crippen LogP contribution in [0, 0.1) is 6.92 Å². The van der Waals surface area contributed by atoms with Gasteiger partial charge in [-0.3, -0.25) is 0 Å². The SMILES string of the molecule is C=C(C(=O)OCC)c1ccccc1C.CCOC(=O)C=Cc1ccccc1. The Morgan fingerprint density at radius 1 is 0.926 bits per heavy atom. The lowest BCUT2D eigenvalue weighted by atomic mass is 10.0. The van der Waals surface area contributed by atoms with Gasteiger partial charge in [-0.25, -0.2) is 9.59 Å². The van der Waals surface area contributed by atoms with Gasteiger partial charge in [0.05, 0.1) is 18.8 Å². The number of rotatable bonds is 6. The lowest BCUT2D eigenvalue weighted by molar-refractivity contribution is -0.137. The Morgan fingerprint density at radius 3 is 2.11 bits per heavy atom. The van der Waals surface area contributed by atoms with Crippen LogP contribution in [0.25, 0.3) is 11.6 Å². The largest absolute Gasteiger partial charge is 0.463 e. The van der Waals surface area contributed by atoms with Gasteiger partial charge in [0.2, 0.25) is 0 Å². The van der Waals surface area contributed by atoms with Crippen LogP contribution in [0.5, 0.6) is 0 Å². The standard InChI is InChI=1S/C12H14O2.C11H12O2/c1-4-14-12(13)10(3)11-8-6-5-7-9(11)2;1-2-13-11(12)9-8-10-6-4-3-5-7-10/h5-8H,3-4H2,1-2H3;3-9H,2H2,1H3. The van der Waals surface area contributed by atoms with Crippen molar-refractivity contribution in [2.45, 2.75) is 20.8 Å². The molecule has 0 aliphatic rings. The Morgan fingerprint density at radius 2 is 1.52 bits per heavy atom. The van der Waals surface area contributed by atoms with Crippen molar-refractivity contribution in [3.05, 3.63) is 83.9 Å². The summed E-state index contributed by atoms with van der Waals surface area (Å²) in [7, 11) is 0. The summed E-state index contributed by atoms with van der Waals surface area (Å²) in [6.07, 6.45) is 3.16. The smallest absolute Gasteiger partial charge is 0.338 e. The maximum absolute atomic E-state index is 11.4. The normalized spacial score (nSPS) is 9.89. The molecule has 0 N–H and O–H groups in total. The molecule has 0 saturated carbocycles. The maximum atomic E-state index is 11.4. The third-order valence-corrected chi connectivity index (χ3v) is 3.49. The molecule has 27 heavy (non-hydrogen) atoms. The Hall–Kier alpha value is -3.14. The number of benzene rings is 2. The van der Waals surface area contributed by atoms with Gasteiger partial charge >= 0.3 is 11.9 Å². The van der Waals surface area contributed by atoms with Crippen LogP contribution in [0.15, 0.2) is 67.3 Å². The molecule has 2 aromatic rings. The van der Waals surface area contributed by atoms with Crippen LogP contribution in [-0.4, -0.2) is 25.2 Å². The van der Waals surface area contributed by atoms with Crippen LogP contribution in [0.3, 0.4) is 0 Å². The highest BCUT2D eigenvalue weighted by Gasteiger charge is 2.11. The summed E-state index contributed by atoms with van der Waals surface area (Å²) in [5.74, 6) is -0.645. The van der Waals surface area contributed by atoms with Crippen molar-refractivity contribution in [1.82, 2.24) is 0 Å². The van der Waals surface area contributed by atoms with Crippen molar-refractivity contribution in [2.75, 3.05) is 13.2 Å². The molecule has 0 spiro atoms. The van der Waals surface area contributed by atoms with E-state index in [0.29, 0.717) is 18.8 Å². The Kier molecular flexibility index (Phi) is 9.94. The highest BCUT2D eigenvalue weighted by Crippen LogP contribution is 2.17. The van der Waals surface area contributed by atoms with Crippen molar-refractivity contribution in [3.63, 3.8) is 0 Å². The molecule has 0 aromatic heterocycles. The van der Waals surface area contributed by atoms with E-state index >= 15 is 0 Å². The van der Waals surface area contributed by atoms with E-state index in [2.05, 4.69) is 6.58 Å². The van der Waals surface area contributed by atoms with Crippen LogP contribution in [0.2, 0.25) is 0 Å². The first-order valence-corrected chi connectivity index (χ1v) is 8.81. The van der Waals surface area contributed by atoms with Gasteiger partial charge in [0, 0.05) is 6.08 Å². The molecule has 0 radical (unpaired) electrons. The highest BCUT2D eigenvalue weighted by molar-refractivity contribution is 6.16. The van der Waals surface area contributed by atoms with Gasteiger partial charge in [0.15, 0.2) is 0 Å². The fourth-order valence-corrected chi connectivity index (χ4v) is 2.16. The maximum Gasteiger partial charge on any atom is 0.338 e. The number of hydrogen-bond donors (Lipinski definition) is 0. The molecule has 0 aliphatic carbocycles. The topological polar surface area (TPSA) is 52.6 Å². The molecule has 2 aromatic carbocycles. The predicted molar refractivity (Wildman–Crippen MR) is 109 cm³/mol. The zero-order valence-electron chi connectivity index (χ0n) is 16.1. The lowest BCUT2D eigenvalue weighted by Crippen LogP contribution is -2.06. The minimum atomic E-state index is -0.346. The van der Waals surface area contributed by atoms with Gasteiger partial charge in [-0.2, -0.15) is 0 Å². The minimum Gasteiger partial charge on any atom is -0.463 e. The van der Waals surface area contributed by atoms with Gasteiger partial charge in [0.1, 0.15) is 0 Å². The van der Waals surface area contributed by atoms with E-state index < -0.39 is 0 Å². The van der Waals surface area contributed by atoms with Crippen LogP contribution in [0.4, 0.5) is 0 Å². The fraction of sp³-hybridized carbons (Fsp3) is 0.217. The number of aryl methyl sites for hydroxylation is 1. The monoisotopic (exact) mass is 366 g/mol. The summed E-state index contributed by atoms with van der Waals surface area (Å²) in [6.45, 7) is 10.0. The van der Waals surface area contributed by atoms with Crippen molar-refractivity contribution in [2.24, 2.45) is 0 Å². The summed E-state index contributed by atoms with van der Waals surface area (Å²) in [6, 6.07) is 17.3. The lowest BCUT2D eigenvalue weighted by Gasteiger charge is -2.07. The molecule has 0 atom stereocenters. The molecule has 0 saturated heterocycles. The minimum absolute atomic E-state index is 0.300. The van der Waals surface area contributed by atoms with Crippen LogP contribution >= 0.6 is 0 Å². The Labute approximate surface area is 161 Å². The predicted octanol–water partition coefficient (Wildman–Crippen LogP) is 4.83. The third-order valence-electron chi connectivity index (χ3n) is 3.49. The van der Waals surface area contributed by atoms with E-state index in [1.54, 1.807) is 19.9 Å². The summed E-state index contributed by atoms with van der Waals surface area (Å²) in [5, 5.41) is 0. The molecule has 0 bridgehead atoms. The molecular weight excluding hydrogens is 340 g/mol. The van der Waals surface area contributed by atoms with E-state index in [-0.39, 0.29) is 11.9 Å².